The van der Waals surface area contributed by atoms with Gasteiger partial charge in [0.1, 0.15) is 23.8 Å². The van der Waals surface area contributed by atoms with Gasteiger partial charge < -0.3 is 4.74 Å². The molecule has 0 radical (unpaired) electrons. The Kier molecular flexibility index (Phi) is 7.30. The second kappa shape index (κ2) is 10.7. The Hall–Kier alpha value is -3.94. The molecular formula is C31H30F3N3O2. The highest BCUT2D eigenvalue weighted by molar-refractivity contribution is 5.75. The van der Waals surface area contributed by atoms with Crippen LogP contribution in [0, 0.1) is 28.8 Å². The maximum atomic E-state index is 15.1. The fourth-order valence-electron chi connectivity index (χ4n) is 4.91. The first kappa shape index (κ1) is 26.7. The van der Waals surface area contributed by atoms with Gasteiger partial charge in [-0.05, 0) is 105 Å². The first-order valence-electron chi connectivity index (χ1n) is 13.0. The van der Waals surface area contributed by atoms with E-state index in [0.29, 0.717) is 28.9 Å². The van der Waals surface area contributed by atoms with E-state index in [1.807, 2.05) is 0 Å². The minimum atomic E-state index is -0.624. The van der Waals surface area contributed by atoms with Gasteiger partial charge in [0.2, 0.25) is 0 Å². The fourth-order valence-corrected chi connectivity index (χ4v) is 4.91. The molecule has 0 saturated heterocycles. The number of benzene rings is 3. The van der Waals surface area contributed by atoms with Gasteiger partial charge in [-0.1, -0.05) is 24.3 Å². The molecule has 8 heteroatoms. The average Bonchev–Trinajstić information content (AvgIpc) is 3.53. The Morgan fingerprint density at radius 1 is 0.949 bits per heavy atom. The number of carbonyl (C=O) groups is 1. The van der Waals surface area contributed by atoms with Crippen LogP contribution in [0.2, 0.25) is 0 Å². The van der Waals surface area contributed by atoms with Crippen LogP contribution in [0.5, 0.6) is 0 Å². The van der Waals surface area contributed by atoms with Crippen molar-refractivity contribution in [3.05, 3.63) is 95.1 Å². The van der Waals surface area contributed by atoms with Gasteiger partial charge in [-0.3, -0.25) is 4.79 Å². The second-order valence-electron chi connectivity index (χ2n) is 11.1. The quantitative estimate of drug-likeness (QED) is 0.242. The van der Waals surface area contributed by atoms with Gasteiger partial charge in [0, 0.05) is 11.1 Å². The molecule has 1 aliphatic rings. The van der Waals surface area contributed by atoms with E-state index in [0.717, 1.165) is 24.0 Å². The third-order valence-corrected chi connectivity index (χ3v) is 7.06. The molecule has 1 atom stereocenters. The van der Waals surface area contributed by atoms with Crippen molar-refractivity contribution in [1.29, 1.82) is 0 Å². The third kappa shape index (κ3) is 6.05. The van der Waals surface area contributed by atoms with Gasteiger partial charge in [0.15, 0.2) is 12.6 Å². The Bertz CT molecular complexity index is 1500. The highest BCUT2D eigenvalue weighted by Crippen LogP contribution is 2.32. The summed E-state index contributed by atoms with van der Waals surface area (Å²) in [5.74, 6) is -1.13. The molecule has 5 nitrogen and oxygen atoms in total. The molecule has 0 bridgehead atoms. The SMILES string of the molecule is CC(C)(C)C(=O)OCn1cnc(-c2cccc(-c3cc(F)c(CC[C@@H]4Cc5ccc(F)cc5C4)c(F)c3)c2)n1. The minimum Gasteiger partial charge on any atom is -0.442 e. The molecule has 0 N–H and O–H groups in total. The monoisotopic (exact) mass is 533 g/mol. The number of nitrogens with zero attached hydrogens (tertiary/aromatic N) is 3. The lowest BCUT2D eigenvalue weighted by Gasteiger charge is -2.16. The molecule has 0 unspecified atom stereocenters. The minimum absolute atomic E-state index is 0.0650. The van der Waals surface area contributed by atoms with Gasteiger partial charge in [0.25, 0.3) is 0 Å². The Labute approximate surface area is 225 Å². The summed E-state index contributed by atoms with van der Waals surface area (Å²) >= 11 is 0. The predicted molar refractivity (Wildman–Crippen MR) is 142 cm³/mol. The first-order valence-corrected chi connectivity index (χ1v) is 13.0. The van der Waals surface area contributed by atoms with E-state index < -0.39 is 17.0 Å². The van der Waals surface area contributed by atoms with Crippen molar-refractivity contribution in [2.75, 3.05) is 0 Å². The smallest absolute Gasteiger partial charge is 0.313 e. The van der Waals surface area contributed by atoms with Crippen LogP contribution in [-0.4, -0.2) is 20.7 Å². The Balaban J connectivity index is 1.26. The summed E-state index contributed by atoms with van der Waals surface area (Å²) in [4.78, 5) is 16.3. The van der Waals surface area contributed by atoms with Crippen molar-refractivity contribution in [1.82, 2.24) is 14.8 Å². The summed E-state index contributed by atoms with van der Waals surface area (Å²) in [6.45, 7) is 5.24. The van der Waals surface area contributed by atoms with E-state index in [9.17, 15) is 9.18 Å². The number of ether oxygens (including phenoxy) is 1. The van der Waals surface area contributed by atoms with Gasteiger partial charge in [-0.15, -0.1) is 5.10 Å². The molecule has 1 aliphatic carbocycles. The molecule has 4 aromatic rings. The molecule has 1 heterocycles. The molecule has 0 saturated carbocycles. The van der Waals surface area contributed by atoms with Crippen LogP contribution in [-0.2, 0) is 35.5 Å². The highest BCUT2D eigenvalue weighted by atomic mass is 19.1. The van der Waals surface area contributed by atoms with Crippen molar-refractivity contribution >= 4 is 5.97 Å². The molecule has 0 spiro atoms. The van der Waals surface area contributed by atoms with Crippen molar-refractivity contribution < 1.29 is 22.7 Å². The van der Waals surface area contributed by atoms with E-state index in [4.69, 9.17) is 4.74 Å². The summed E-state index contributed by atoms with van der Waals surface area (Å²) in [5.41, 5.74) is 3.25. The second-order valence-corrected chi connectivity index (χ2v) is 11.1. The van der Waals surface area contributed by atoms with Crippen LogP contribution < -0.4 is 0 Å². The Morgan fingerprint density at radius 2 is 1.67 bits per heavy atom. The molecule has 202 valence electrons. The maximum Gasteiger partial charge on any atom is 0.313 e. The first-order chi connectivity index (χ1) is 18.6. The number of carbonyl (C=O) groups excluding carboxylic acids is 1. The summed E-state index contributed by atoms with van der Waals surface area (Å²) in [7, 11) is 0. The van der Waals surface area contributed by atoms with Crippen LogP contribution in [0.25, 0.3) is 22.5 Å². The number of hydrogen-bond donors (Lipinski definition) is 0. The van der Waals surface area contributed by atoms with Crippen LogP contribution in [0.3, 0.4) is 0 Å². The summed E-state index contributed by atoms with van der Waals surface area (Å²) < 4.78 is 50.4. The number of halogens is 3. The van der Waals surface area contributed by atoms with Crippen molar-refractivity contribution in [3.63, 3.8) is 0 Å². The summed E-state index contributed by atoms with van der Waals surface area (Å²) in [5, 5.41) is 4.36. The van der Waals surface area contributed by atoms with Crippen LogP contribution in [0.15, 0.2) is 60.9 Å². The van der Waals surface area contributed by atoms with Crippen molar-refractivity contribution in [3.8, 4) is 22.5 Å². The molecule has 3 aromatic carbocycles. The molecule has 0 aliphatic heterocycles. The molecule has 0 amide bonds. The number of aromatic nitrogens is 3. The normalized spacial score (nSPS) is 14.9. The summed E-state index contributed by atoms with van der Waals surface area (Å²) in [6.07, 6.45) is 3.89. The molecule has 0 fully saturated rings. The maximum absolute atomic E-state index is 15.1. The molecule has 39 heavy (non-hydrogen) atoms. The van der Waals surface area contributed by atoms with Crippen LogP contribution in [0.1, 0.15) is 43.9 Å². The van der Waals surface area contributed by atoms with Crippen molar-refractivity contribution in [2.24, 2.45) is 11.3 Å². The number of rotatable bonds is 7. The fraction of sp³-hybridized carbons (Fsp3) is 0.323. The lowest BCUT2D eigenvalue weighted by molar-refractivity contribution is -0.157. The zero-order valence-corrected chi connectivity index (χ0v) is 22.2. The molecule has 1 aromatic heterocycles. The lowest BCUT2D eigenvalue weighted by atomic mass is 9.94. The largest absolute Gasteiger partial charge is 0.442 e. The lowest BCUT2D eigenvalue weighted by Crippen LogP contribution is -2.24. The topological polar surface area (TPSA) is 57.0 Å². The van der Waals surface area contributed by atoms with E-state index >= 15 is 8.78 Å². The van der Waals surface area contributed by atoms with Gasteiger partial charge in [-0.2, -0.15) is 0 Å². The van der Waals surface area contributed by atoms with Gasteiger partial charge >= 0.3 is 5.97 Å². The zero-order chi connectivity index (χ0) is 27.7. The highest BCUT2D eigenvalue weighted by Gasteiger charge is 2.24. The summed E-state index contributed by atoms with van der Waals surface area (Å²) in [6, 6.07) is 14.6. The van der Waals surface area contributed by atoms with Gasteiger partial charge in [-0.25, -0.2) is 22.8 Å². The molecule has 5 rings (SSSR count). The Morgan fingerprint density at radius 3 is 2.41 bits per heavy atom. The van der Waals surface area contributed by atoms with Gasteiger partial charge in [0.05, 0.1) is 5.41 Å². The van der Waals surface area contributed by atoms with E-state index in [1.165, 1.54) is 29.2 Å². The third-order valence-electron chi connectivity index (χ3n) is 7.06. The standard InChI is InChI=1S/C31H30F3N3O2/c1-31(2,3)30(38)39-18-37-17-35-29(36-37)22-6-4-5-20(13-22)24-15-27(33)26(28(34)16-24)10-7-19-11-21-8-9-25(32)14-23(21)12-19/h4-6,8-9,13-17,19H,7,10-12,18H2,1-3H3/t19-/m1/s1. The number of fused-ring (bicyclic) bond motifs is 1. The zero-order valence-electron chi connectivity index (χ0n) is 22.2. The van der Waals surface area contributed by atoms with Crippen molar-refractivity contribution in [2.45, 2.75) is 53.2 Å². The van der Waals surface area contributed by atoms with E-state index in [2.05, 4.69) is 10.1 Å². The molecular weight excluding hydrogens is 503 g/mol. The predicted octanol–water partition coefficient (Wildman–Crippen LogP) is 6.92. The van der Waals surface area contributed by atoms with Crippen LogP contribution >= 0.6 is 0 Å². The average molecular weight is 534 g/mol. The van der Waals surface area contributed by atoms with Crippen LogP contribution in [0.4, 0.5) is 13.2 Å². The van der Waals surface area contributed by atoms with E-state index in [1.54, 1.807) is 57.2 Å². The van der Waals surface area contributed by atoms with E-state index in [-0.39, 0.29) is 36.4 Å². The number of hydrogen-bond acceptors (Lipinski definition) is 4. The number of esters is 1.